The fourth-order valence-electron chi connectivity index (χ4n) is 4.58. The number of piperazine rings is 2. The zero-order valence-electron chi connectivity index (χ0n) is 18.9. The fourth-order valence-corrected chi connectivity index (χ4v) is 6.02. The molecule has 32 heavy (non-hydrogen) atoms. The van der Waals surface area contributed by atoms with E-state index < -0.39 is 10.0 Å². The van der Waals surface area contributed by atoms with E-state index >= 15 is 0 Å². The van der Waals surface area contributed by atoms with Crippen LogP contribution in [-0.4, -0.2) is 86.8 Å². The van der Waals surface area contributed by atoms with Gasteiger partial charge in [0, 0.05) is 57.5 Å². The van der Waals surface area contributed by atoms with E-state index in [-0.39, 0.29) is 5.91 Å². The summed E-state index contributed by atoms with van der Waals surface area (Å²) < 4.78 is 27.1. The number of carbonyl (C=O) groups is 1. The Kier molecular flexibility index (Phi) is 6.83. The molecule has 2 heterocycles. The number of anilines is 1. The van der Waals surface area contributed by atoms with Gasteiger partial charge in [-0.15, -0.1) is 0 Å². The molecular formula is C24H32N4O3S. The average molecular weight is 457 g/mol. The number of amides is 1. The normalized spacial score (nSPS) is 21.0. The Morgan fingerprint density at radius 1 is 0.938 bits per heavy atom. The third-order valence-corrected chi connectivity index (χ3v) is 8.29. The first-order valence-electron chi connectivity index (χ1n) is 11.2. The van der Waals surface area contributed by atoms with Crippen LogP contribution in [-0.2, 0) is 14.8 Å². The summed E-state index contributed by atoms with van der Waals surface area (Å²) in [7, 11) is -3.50. The van der Waals surface area contributed by atoms with Crippen molar-refractivity contribution in [3.05, 3.63) is 60.2 Å². The Balaban J connectivity index is 1.28. The van der Waals surface area contributed by atoms with Crippen molar-refractivity contribution in [3.8, 4) is 0 Å². The molecule has 8 heteroatoms. The molecule has 7 nitrogen and oxygen atoms in total. The quantitative estimate of drug-likeness (QED) is 0.689. The van der Waals surface area contributed by atoms with Gasteiger partial charge in [-0.05, 0) is 43.7 Å². The Labute approximate surface area is 191 Å². The highest BCUT2D eigenvalue weighted by Crippen LogP contribution is 2.22. The average Bonchev–Trinajstić information content (AvgIpc) is 2.80. The van der Waals surface area contributed by atoms with Crippen LogP contribution < -0.4 is 4.90 Å². The fraction of sp³-hybridized carbons (Fsp3) is 0.458. The lowest BCUT2D eigenvalue weighted by atomic mass is 10.1. The third kappa shape index (κ3) is 4.98. The molecule has 2 saturated heterocycles. The van der Waals surface area contributed by atoms with E-state index in [2.05, 4.69) is 47.9 Å². The van der Waals surface area contributed by atoms with Crippen LogP contribution in [0.4, 0.5) is 5.69 Å². The van der Waals surface area contributed by atoms with Crippen LogP contribution >= 0.6 is 0 Å². The predicted octanol–water partition coefficient (Wildman–Crippen LogP) is 2.04. The predicted molar refractivity (Wildman–Crippen MR) is 126 cm³/mol. The van der Waals surface area contributed by atoms with Gasteiger partial charge >= 0.3 is 0 Å². The van der Waals surface area contributed by atoms with E-state index in [1.54, 1.807) is 35.2 Å². The molecule has 1 amide bonds. The van der Waals surface area contributed by atoms with Crippen molar-refractivity contribution in [2.24, 2.45) is 0 Å². The van der Waals surface area contributed by atoms with Crippen LogP contribution in [0.5, 0.6) is 0 Å². The van der Waals surface area contributed by atoms with Gasteiger partial charge in [0.25, 0.3) is 0 Å². The molecule has 1 atom stereocenters. The molecule has 172 valence electrons. The summed E-state index contributed by atoms with van der Waals surface area (Å²) in [6, 6.07) is 17.4. The smallest absolute Gasteiger partial charge is 0.243 e. The summed E-state index contributed by atoms with van der Waals surface area (Å²) in [5, 5.41) is 0. The van der Waals surface area contributed by atoms with Gasteiger partial charge in [-0.1, -0.05) is 30.3 Å². The van der Waals surface area contributed by atoms with Crippen molar-refractivity contribution in [2.45, 2.75) is 24.8 Å². The molecule has 0 aromatic heterocycles. The van der Waals surface area contributed by atoms with E-state index in [1.807, 2.05) is 0 Å². The minimum absolute atomic E-state index is 0.0814. The highest BCUT2D eigenvalue weighted by atomic mass is 32.2. The van der Waals surface area contributed by atoms with E-state index in [4.69, 9.17) is 0 Å². The number of rotatable bonds is 5. The highest BCUT2D eigenvalue weighted by Gasteiger charge is 2.31. The van der Waals surface area contributed by atoms with E-state index in [1.165, 1.54) is 15.6 Å². The number of benzene rings is 2. The van der Waals surface area contributed by atoms with Gasteiger partial charge in [-0.25, -0.2) is 8.42 Å². The molecule has 2 aromatic carbocycles. The minimum atomic E-state index is -3.50. The van der Waals surface area contributed by atoms with Gasteiger partial charge in [0.1, 0.15) is 0 Å². The zero-order valence-corrected chi connectivity index (χ0v) is 19.7. The minimum Gasteiger partial charge on any atom is -0.366 e. The van der Waals surface area contributed by atoms with Gasteiger partial charge in [-0.3, -0.25) is 9.69 Å². The molecule has 2 aliphatic heterocycles. The van der Waals surface area contributed by atoms with Crippen molar-refractivity contribution in [1.29, 1.82) is 0 Å². The number of hydrogen-bond donors (Lipinski definition) is 0. The molecule has 0 N–H and O–H groups in total. The van der Waals surface area contributed by atoms with Crippen LogP contribution in [0.1, 0.15) is 12.5 Å². The zero-order chi connectivity index (χ0) is 22.7. The molecule has 0 saturated carbocycles. The van der Waals surface area contributed by atoms with Gasteiger partial charge in [0.2, 0.25) is 15.9 Å². The molecule has 2 fully saturated rings. The maximum absolute atomic E-state index is 12.9. The topological polar surface area (TPSA) is 64.2 Å². The van der Waals surface area contributed by atoms with Crippen molar-refractivity contribution < 1.29 is 13.2 Å². The van der Waals surface area contributed by atoms with Gasteiger partial charge < -0.3 is 9.80 Å². The number of nitrogens with zero attached hydrogens (tertiary/aromatic N) is 4. The third-order valence-electron chi connectivity index (χ3n) is 6.38. The molecule has 0 spiro atoms. The lowest BCUT2D eigenvalue weighted by Crippen LogP contribution is -2.56. The Bertz CT molecular complexity index is 1040. The van der Waals surface area contributed by atoms with Crippen LogP contribution in [0.15, 0.2) is 59.5 Å². The van der Waals surface area contributed by atoms with E-state index in [9.17, 15) is 13.2 Å². The first kappa shape index (κ1) is 22.8. The molecule has 0 aliphatic carbocycles. The van der Waals surface area contributed by atoms with Crippen LogP contribution in [0.3, 0.4) is 0 Å². The number of aryl methyl sites for hydroxylation is 1. The van der Waals surface area contributed by atoms with Gasteiger partial charge in [0.15, 0.2) is 0 Å². The van der Waals surface area contributed by atoms with Crippen molar-refractivity contribution in [3.63, 3.8) is 0 Å². The largest absolute Gasteiger partial charge is 0.366 e. The maximum atomic E-state index is 12.9. The molecule has 4 rings (SSSR count). The first-order chi connectivity index (χ1) is 15.3. The second-order valence-electron chi connectivity index (χ2n) is 8.71. The molecule has 2 aliphatic rings. The van der Waals surface area contributed by atoms with Crippen molar-refractivity contribution in [2.75, 3.05) is 57.3 Å². The summed E-state index contributed by atoms with van der Waals surface area (Å²) >= 11 is 0. The number of hydrogen-bond acceptors (Lipinski definition) is 5. The molecule has 2 aromatic rings. The van der Waals surface area contributed by atoms with Crippen LogP contribution in [0.2, 0.25) is 0 Å². The second-order valence-corrected chi connectivity index (χ2v) is 10.7. The van der Waals surface area contributed by atoms with E-state index in [0.717, 1.165) is 19.6 Å². The Morgan fingerprint density at radius 2 is 1.66 bits per heavy atom. The maximum Gasteiger partial charge on any atom is 0.243 e. The van der Waals surface area contributed by atoms with Crippen LogP contribution in [0.25, 0.3) is 0 Å². The monoisotopic (exact) mass is 456 g/mol. The van der Waals surface area contributed by atoms with Crippen molar-refractivity contribution >= 4 is 21.6 Å². The highest BCUT2D eigenvalue weighted by molar-refractivity contribution is 7.89. The molecular weight excluding hydrogens is 424 g/mol. The lowest BCUT2D eigenvalue weighted by molar-refractivity contribution is -0.133. The summed E-state index contributed by atoms with van der Waals surface area (Å²) in [6.07, 6.45) is 0. The lowest BCUT2D eigenvalue weighted by Gasteiger charge is -2.42. The summed E-state index contributed by atoms with van der Waals surface area (Å²) in [5.74, 6) is 0.0814. The standard InChI is InChI=1S/C24H32N4O3S/c1-20-7-6-8-22(17-20)28-16-11-25(18-21(28)2)19-24(29)26-12-14-27(15-13-26)32(30,31)23-9-4-3-5-10-23/h3-10,17,21H,11-16,18-19H2,1-2H3/t21-/m1/s1. The van der Waals surface area contributed by atoms with Gasteiger partial charge in [0.05, 0.1) is 11.4 Å². The SMILES string of the molecule is Cc1cccc(N2CCN(CC(=O)N3CCN(S(=O)(=O)c4ccccc4)CC3)C[C@H]2C)c1. The van der Waals surface area contributed by atoms with Crippen molar-refractivity contribution in [1.82, 2.24) is 14.1 Å². The number of sulfonamides is 1. The second kappa shape index (κ2) is 9.60. The Morgan fingerprint density at radius 3 is 2.31 bits per heavy atom. The molecule has 0 bridgehead atoms. The summed E-state index contributed by atoms with van der Waals surface area (Å²) in [4.78, 5) is 19.6. The molecule has 0 radical (unpaired) electrons. The van der Waals surface area contributed by atoms with Gasteiger partial charge in [-0.2, -0.15) is 4.31 Å². The summed E-state index contributed by atoms with van der Waals surface area (Å²) in [5.41, 5.74) is 2.49. The Hall–Kier alpha value is -2.42. The number of carbonyl (C=O) groups excluding carboxylic acids is 1. The van der Waals surface area contributed by atoms with Crippen LogP contribution in [0, 0.1) is 6.92 Å². The van der Waals surface area contributed by atoms with E-state index in [0.29, 0.717) is 43.7 Å². The first-order valence-corrected chi connectivity index (χ1v) is 12.7. The summed E-state index contributed by atoms with van der Waals surface area (Å²) in [6.45, 7) is 8.79. The molecule has 0 unspecified atom stereocenters.